The number of allylic oxidation sites excluding steroid dienone is 2. The third kappa shape index (κ3) is 52.1. The first-order chi connectivity index (χ1) is 32.0. The third-order valence-electron chi connectivity index (χ3n) is 12.8. The number of esters is 2. The van der Waals surface area contributed by atoms with Crippen LogP contribution in [0, 0.1) is 0 Å². The van der Waals surface area contributed by atoms with E-state index in [4.69, 9.17) is 18.5 Å². The number of unbranched alkanes of at least 4 members (excludes halogenated alkanes) is 37. The van der Waals surface area contributed by atoms with Gasteiger partial charge < -0.3 is 18.9 Å². The normalized spacial score (nSPS) is 13.4. The molecule has 0 saturated heterocycles. The van der Waals surface area contributed by atoms with Gasteiger partial charge in [-0.3, -0.25) is 18.6 Å². The predicted octanol–water partition coefficient (Wildman–Crippen LogP) is 17.3. The van der Waals surface area contributed by atoms with E-state index in [0.717, 1.165) is 38.5 Å². The van der Waals surface area contributed by atoms with E-state index in [1.165, 1.54) is 218 Å². The van der Waals surface area contributed by atoms with E-state index >= 15 is 0 Å². The Hall–Kier alpha value is -1.25. The first-order valence-corrected chi connectivity index (χ1v) is 29.9. The van der Waals surface area contributed by atoms with Crippen molar-refractivity contribution in [2.45, 2.75) is 290 Å². The summed E-state index contributed by atoms with van der Waals surface area (Å²) in [5, 5.41) is 0. The number of likely N-dealkylation sites (N-methyl/N-ethyl adjacent to an activating group) is 1. The number of carbonyl (C=O) groups is 2. The van der Waals surface area contributed by atoms with E-state index in [2.05, 4.69) is 26.0 Å². The molecule has 0 amide bonds. The number of hydrogen-bond acceptors (Lipinski definition) is 7. The molecule has 1 N–H and O–H groups in total. The fourth-order valence-corrected chi connectivity index (χ4v) is 9.11. The second-order valence-corrected chi connectivity index (χ2v) is 22.1. The molecule has 0 saturated carbocycles. The SMILES string of the molecule is CCCCCCCC/C=C\CCCCCCCCCCCCCC(=O)OCC(COP(=O)(O)OCC[N+](C)(C)C)OC(=O)CCCCCCCCCCCCCCCCCCCCCCC. The monoisotopic (exact) mass is 957 g/mol. The molecule has 0 rings (SSSR count). The van der Waals surface area contributed by atoms with Gasteiger partial charge in [0.05, 0.1) is 27.7 Å². The number of rotatable bonds is 53. The zero-order valence-electron chi connectivity index (χ0n) is 44.5. The van der Waals surface area contributed by atoms with Crippen molar-refractivity contribution >= 4 is 19.8 Å². The molecule has 0 aromatic rings. The third-order valence-corrected chi connectivity index (χ3v) is 13.8. The van der Waals surface area contributed by atoms with Gasteiger partial charge in [0.2, 0.25) is 0 Å². The number of phosphoric ester groups is 1. The van der Waals surface area contributed by atoms with Crippen LogP contribution in [0.2, 0.25) is 0 Å². The number of quaternary nitrogens is 1. The largest absolute Gasteiger partial charge is 0.472 e. The lowest BCUT2D eigenvalue weighted by Gasteiger charge is -2.24. The molecule has 392 valence electrons. The lowest BCUT2D eigenvalue weighted by atomic mass is 10.0. The number of nitrogens with zero attached hydrogens (tertiary/aromatic N) is 1. The lowest BCUT2D eigenvalue weighted by Crippen LogP contribution is -2.37. The lowest BCUT2D eigenvalue weighted by molar-refractivity contribution is -0.870. The molecule has 0 bridgehead atoms. The summed E-state index contributed by atoms with van der Waals surface area (Å²) >= 11 is 0. The highest BCUT2D eigenvalue weighted by atomic mass is 31.2. The summed E-state index contributed by atoms with van der Waals surface area (Å²) in [6, 6.07) is 0. The van der Waals surface area contributed by atoms with Gasteiger partial charge in [-0.2, -0.15) is 0 Å². The van der Waals surface area contributed by atoms with Crippen molar-refractivity contribution < 1.29 is 42.1 Å². The van der Waals surface area contributed by atoms with Crippen molar-refractivity contribution in [3.05, 3.63) is 12.2 Å². The first kappa shape index (κ1) is 64.8. The maximum absolute atomic E-state index is 12.8. The summed E-state index contributed by atoms with van der Waals surface area (Å²) in [7, 11) is 1.49. The highest BCUT2D eigenvalue weighted by molar-refractivity contribution is 7.47. The smallest absolute Gasteiger partial charge is 0.462 e. The fraction of sp³-hybridized carbons (Fsp3) is 0.929. The minimum Gasteiger partial charge on any atom is -0.462 e. The van der Waals surface area contributed by atoms with Crippen LogP contribution in [0.25, 0.3) is 0 Å². The molecule has 0 aliphatic carbocycles. The Balaban J connectivity index is 4.14. The van der Waals surface area contributed by atoms with Crippen molar-refractivity contribution in [2.75, 3.05) is 47.5 Å². The number of carbonyl (C=O) groups excluding carboxylic acids is 2. The second kappa shape index (κ2) is 48.8. The van der Waals surface area contributed by atoms with Gasteiger partial charge >= 0.3 is 19.8 Å². The van der Waals surface area contributed by atoms with Crippen LogP contribution >= 0.6 is 7.82 Å². The Morgan fingerprint density at radius 2 is 0.773 bits per heavy atom. The van der Waals surface area contributed by atoms with Crippen LogP contribution in [0.1, 0.15) is 284 Å². The molecule has 2 atom stereocenters. The predicted molar refractivity (Wildman–Crippen MR) is 280 cm³/mol. The molecule has 0 fully saturated rings. The maximum Gasteiger partial charge on any atom is 0.472 e. The van der Waals surface area contributed by atoms with Gasteiger partial charge in [-0.15, -0.1) is 0 Å². The van der Waals surface area contributed by atoms with Crippen LogP contribution in [0.15, 0.2) is 12.2 Å². The number of phosphoric acid groups is 1. The van der Waals surface area contributed by atoms with E-state index in [1.54, 1.807) is 0 Å². The van der Waals surface area contributed by atoms with E-state index in [0.29, 0.717) is 17.4 Å². The van der Waals surface area contributed by atoms with Crippen LogP contribution < -0.4 is 0 Å². The van der Waals surface area contributed by atoms with Crippen LogP contribution in [0.3, 0.4) is 0 Å². The van der Waals surface area contributed by atoms with E-state index < -0.39 is 26.5 Å². The van der Waals surface area contributed by atoms with Crippen molar-refractivity contribution in [1.82, 2.24) is 0 Å². The molecular weight excluding hydrogens is 846 g/mol. The van der Waals surface area contributed by atoms with Gasteiger partial charge in [-0.05, 0) is 38.5 Å². The Bertz CT molecular complexity index is 1130. The summed E-state index contributed by atoms with van der Waals surface area (Å²) in [5.41, 5.74) is 0. The van der Waals surface area contributed by atoms with Crippen LogP contribution in [-0.4, -0.2) is 74.9 Å². The van der Waals surface area contributed by atoms with Gasteiger partial charge in [0.1, 0.15) is 19.8 Å². The average molecular weight is 957 g/mol. The zero-order chi connectivity index (χ0) is 48.5. The standard InChI is InChI=1S/C56H110NO8P/c1-6-8-10-12-14-16-18-20-22-24-26-28-30-32-34-36-38-40-42-44-46-48-55(58)62-52-54(53-64-66(60,61)63-51-50-57(3,4)5)65-56(59)49-47-45-43-41-39-37-35-33-31-29-27-25-23-21-19-17-15-13-11-9-7-2/h20,22,54H,6-19,21,23-53H2,1-5H3/p+1/b22-20-. The summed E-state index contributed by atoms with van der Waals surface area (Å²) in [6.07, 6.45) is 55.6. The molecule has 0 aliphatic heterocycles. The Kier molecular flexibility index (Phi) is 47.8. The first-order valence-electron chi connectivity index (χ1n) is 28.4. The van der Waals surface area contributed by atoms with Gasteiger partial charge in [0.15, 0.2) is 6.10 Å². The average Bonchev–Trinajstić information content (AvgIpc) is 3.27. The van der Waals surface area contributed by atoms with E-state index in [-0.39, 0.29) is 25.6 Å². The molecule has 0 radical (unpaired) electrons. The van der Waals surface area contributed by atoms with Crippen LogP contribution in [0.5, 0.6) is 0 Å². The molecule has 0 heterocycles. The Morgan fingerprint density at radius 3 is 1.12 bits per heavy atom. The minimum absolute atomic E-state index is 0.0356. The van der Waals surface area contributed by atoms with Crippen molar-refractivity contribution in [3.63, 3.8) is 0 Å². The maximum atomic E-state index is 12.8. The van der Waals surface area contributed by atoms with Gasteiger partial charge in [-0.25, -0.2) is 4.57 Å². The second-order valence-electron chi connectivity index (χ2n) is 20.7. The minimum atomic E-state index is -4.38. The van der Waals surface area contributed by atoms with Crippen molar-refractivity contribution in [2.24, 2.45) is 0 Å². The molecule has 0 aromatic heterocycles. The number of ether oxygens (including phenoxy) is 2. The van der Waals surface area contributed by atoms with Gasteiger partial charge in [-0.1, -0.05) is 244 Å². The zero-order valence-corrected chi connectivity index (χ0v) is 45.4. The highest BCUT2D eigenvalue weighted by Gasteiger charge is 2.27. The highest BCUT2D eigenvalue weighted by Crippen LogP contribution is 2.43. The van der Waals surface area contributed by atoms with E-state index in [1.807, 2.05) is 21.1 Å². The van der Waals surface area contributed by atoms with Crippen molar-refractivity contribution in [3.8, 4) is 0 Å². The molecule has 0 aromatic carbocycles. The molecular formula is C56H111NO8P+. The Morgan fingerprint density at radius 1 is 0.455 bits per heavy atom. The van der Waals surface area contributed by atoms with Crippen LogP contribution in [-0.2, 0) is 32.7 Å². The van der Waals surface area contributed by atoms with Gasteiger partial charge in [0.25, 0.3) is 0 Å². The molecule has 66 heavy (non-hydrogen) atoms. The molecule has 0 aliphatic rings. The summed E-state index contributed by atoms with van der Waals surface area (Å²) < 4.78 is 34.6. The summed E-state index contributed by atoms with van der Waals surface area (Å²) in [6.45, 7) is 4.49. The Labute approximate surface area is 409 Å². The quantitative estimate of drug-likeness (QED) is 0.0211. The van der Waals surface area contributed by atoms with Crippen molar-refractivity contribution in [1.29, 1.82) is 0 Å². The van der Waals surface area contributed by atoms with Crippen LogP contribution in [0.4, 0.5) is 0 Å². The summed E-state index contributed by atoms with van der Waals surface area (Å²) in [4.78, 5) is 35.7. The molecule has 0 spiro atoms. The molecule has 10 heteroatoms. The fourth-order valence-electron chi connectivity index (χ4n) is 8.37. The molecule has 2 unspecified atom stereocenters. The van der Waals surface area contributed by atoms with Gasteiger partial charge in [0, 0.05) is 12.8 Å². The summed E-state index contributed by atoms with van der Waals surface area (Å²) in [5.74, 6) is -0.780. The molecule has 9 nitrogen and oxygen atoms in total. The van der Waals surface area contributed by atoms with E-state index in [9.17, 15) is 19.0 Å². The number of hydrogen-bond donors (Lipinski definition) is 1. The topological polar surface area (TPSA) is 108 Å².